The lowest BCUT2D eigenvalue weighted by molar-refractivity contribution is -0.122. The topological polar surface area (TPSA) is 97.9 Å². The number of anilines is 1. The first-order chi connectivity index (χ1) is 10.6. The summed E-state index contributed by atoms with van der Waals surface area (Å²) in [6.07, 6.45) is 1.57. The lowest BCUT2D eigenvalue weighted by Crippen LogP contribution is -2.52. The highest BCUT2D eigenvalue weighted by molar-refractivity contribution is 7.26. The second-order valence-corrected chi connectivity index (χ2v) is 6.57. The Bertz CT molecular complexity index is 914. The minimum absolute atomic E-state index is 0.0943. The van der Waals surface area contributed by atoms with Gasteiger partial charge in [-0.15, -0.1) is 16.4 Å². The number of nitrogens with zero attached hydrogens (tertiary/aromatic N) is 5. The zero-order valence-corrected chi connectivity index (χ0v) is 13.0. The van der Waals surface area contributed by atoms with Gasteiger partial charge in [-0.1, -0.05) is 0 Å². The molecule has 0 saturated carbocycles. The molecule has 1 aliphatic rings. The molecular formula is C14H14N6OS. The first kappa shape index (κ1) is 13.3. The number of primary amides is 1. The highest BCUT2D eigenvalue weighted by Gasteiger charge is 2.33. The van der Waals surface area contributed by atoms with Crippen LogP contribution in [-0.4, -0.2) is 39.2 Å². The third kappa shape index (κ3) is 1.77. The molecule has 1 amide bonds. The largest absolute Gasteiger partial charge is 0.369 e. The number of rotatable bonds is 2. The smallest absolute Gasteiger partial charge is 0.224 e. The number of amides is 1. The Morgan fingerprint density at radius 1 is 1.32 bits per heavy atom. The second-order valence-electron chi connectivity index (χ2n) is 5.57. The minimum atomic E-state index is -0.254. The molecule has 1 aliphatic heterocycles. The van der Waals surface area contributed by atoms with Crippen molar-refractivity contribution in [2.24, 2.45) is 11.7 Å². The summed E-state index contributed by atoms with van der Waals surface area (Å²) in [6, 6.07) is 0. The molecule has 3 aromatic heterocycles. The number of hydrogen-bond donors (Lipinski definition) is 1. The maximum atomic E-state index is 11.2. The Balaban J connectivity index is 1.88. The number of thiophene rings is 1. The van der Waals surface area contributed by atoms with Gasteiger partial charge in [-0.25, -0.2) is 9.97 Å². The van der Waals surface area contributed by atoms with Gasteiger partial charge in [0.1, 0.15) is 17.0 Å². The van der Waals surface area contributed by atoms with Gasteiger partial charge >= 0.3 is 0 Å². The van der Waals surface area contributed by atoms with Crippen molar-refractivity contribution >= 4 is 43.5 Å². The summed E-state index contributed by atoms with van der Waals surface area (Å²) in [5.74, 6) is 0.501. The van der Waals surface area contributed by atoms with Crippen molar-refractivity contribution in [2.45, 2.75) is 13.8 Å². The molecule has 0 bridgehead atoms. The van der Waals surface area contributed by atoms with Gasteiger partial charge in [-0.3, -0.25) is 4.79 Å². The van der Waals surface area contributed by atoms with Crippen molar-refractivity contribution in [3.8, 4) is 0 Å². The molecule has 7 nitrogen and oxygen atoms in total. The van der Waals surface area contributed by atoms with E-state index in [1.54, 1.807) is 17.7 Å². The average molecular weight is 314 g/mol. The maximum Gasteiger partial charge on any atom is 0.224 e. The molecule has 0 spiro atoms. The van der Waals surface area contributed by atoms with Crippen LogP contribution in [0, 0.1) is 19.8 Å². The SMILES string of the molecule is Cc1nnc2sc3c(N4CC(C(N)=O)C4)ncnc3c2c1C. The predicted octanol–water partition coefficient (Wildman–Crippen LogP) is 1.17. The van der Waals surface area contributed by atoms with E-state index in [9.17, 15) is 4.79 Å². The van der Waals surface area contributed by atoms with Crippen LogP contribution in [-0.2, 0) is 4.79 Å². The van der Waals surface area contributed by atoms with E-state index in [0.717, 1.165) is 37.5 Å². The number of aromatic nitrogens is 4. The zero-order chi connectivity index (χ0) is 15.4. The average Bonchev–Trinajstić information content (AvgIpc) is 2.81. The van der Waals surface area contributed by atoms with Crippen LogP contribution in [0.2, 0.25) is 0 Å². The van der Waals surface area contributed by atoms with Crippen LogP contribution >= 0.6 is 11.3 Å². The van der Waals surface area contributed by atoms with Crippen molar-refractivity contribution in [1.82, 2.24) is 20.2 Å². The fraction of sp³-hybridized carbons (Fsp3) is 0.357. The zero-order valence-electron chi connectivity index (χ0n) is 12.2. The predicted molar refractivity (Wildman–Crippen MR) is 84.9 cm³/mol. The first-order valence-corrected chi connectivity index (χ1v) is 7.79. The molecule has 4 rings (SSSR count). The Morgan fingerprint density at radius 2 is 2.09 bits per heavy atom. The van der Waals surface area contributed by atoms with Gasteiger partial charge in [-0.05, 0) is 19.4 Å². The van der Waals surface area contributed by atoms with E-state index in [-0.39, 0.29) is 11.8 Å². The van der Waals surface area contributed by atoms with E-state index >= 15 is 0 Å². The van der Waals surface area contributed by atoms with E-state index in [2.05, 4.69) is 25.1 Å². The highest BCUT2D eigenvalue weighted by Crippen LogP contribution is 2.39. The maximum absolute atomic E-state index is 11.2. The molecule has 0 unspecified atom stereocenters. The molecule has 0 radical (unpaired) electrons. The lowest BCUT2D eigenvalue weighted by Gasteiger charge is -2.38. The van der Waals surface area contributed by atoms with Gasteiger partial charge in [0.25, 0.3) is 0 Å². The van der Waals surface area contributed by atoms with Crippen LogP contribution in [0.25, 0.3) is 20.4 Å². The van der Waals surface area contributed by atoms with E-state index in [4.69, 9.17) is 5.73 Å². The number of hydrogen-bond acceptors (Lipinski definition) is 7. The summed E-state index contributed by atoms with van der Waals surface area (Å²) >= 11 is 1.54. The number of carbonyl (C=O) groups excluding carboxylic acids is 1. The number of fused-ring (bicyclic) bond motifs is 3. The van der Waals surface area contributed by atoms with Gasteiger partial charge < -0.3 is 10.6 Å². The summed E-state index contributed by atoms with van der Waals surface area (Å²) in [5.41, 5.74) is 8.24. The Hall–Kier alpha value is -2.35. The monoisotopic (exact) mass is 314 g/mol. The van der Waals surface area contributed by atoms with E-state index in [1.165, 1.54) is 0 Å². The standard InChI is InChI=1S/C14H14N6OS/c1-6-7(2)18-19-14-9(6)10-11(22-14)13(17-5-16-10)20-3-8(4-20)12(15)21/h5,8H,3-4H2,1-2H3,(H2,15,21). The van der Waals surface area contributed by atoms with E-state index in [0.29, 0.717) is 13.1 Å². The fourth-order valence-electron chi connectivity index (χ4n) is 2.73. The Labute approximate surface area is 130 Å². The second kappa shape index (κ2) is 4.57. The lowest BCUT2D eigenvalue weighted by atomic mass is 10.00. The number of aryl methyl sites for hydroxylation is 2. The van der Waals surface area contributed by atoms with Gasteiger partial charge in [0.2, 0.25) is 5.91 Å². The molecular weight excluding hydrogens is 300 g/mol. The summed E-state index contributed by atoms with van der Waals surface area (Å²) in [5, 5.41) is 9.50. The van der Waals surface area contributed by atoms with Crippen LogP contribution in [0.4, 0.5) is 5.82 Å². The third-order valence-corrected chi connectivity index (χ3v) is 5.29. The van der Waals surface area contributed by atoms with Gasteiger partial charge in [-0.2, -0.15) is 5.10 Å². The molecule has 1 fully saturated rings. The van der Waals surface area contributed by atoms with Crippen LogP contribution in [0.15, 0.2) is 6.33 Å². The van der Waals surface area contributed by atoms with Gasteiger partial charge in [0, 0.05) is 18.5 Å². The van der Waals surface area contributed by atoms with Crippen LogP contribution in [0.3, 0.4) is 0 Å². The molecule has 8 heteroatoms. The molecule has 1 saturated heterocycles. The molecule has 22 heavy (non-hydrogen) atoms. The summed E-state index contributed by atoms with van der Waals surface area (Å²) in [7, 11) is 0. The highest BCUT2D eigenvalue weighted by atomic mass is 32.1. The summed E-state index contributed by atoms with van der Waals surface area (Å²) < 4.78 is 0.989. The number of nitrogens with two attached hydrogens (primary N) is 1. The molecule has 0 aromatic carbocycles. The summed E-state index contributed by atoms with van der Waals surface area (Å²) in [6.45, 7) is 5.20. The normalized spacial score (nSPS) is 15.5. The van der Waals surface area contributed by atoms with E-state index in [1.807, 2.05) is 13.8 Å². The van der Waals surface area contributed by atoms with Crippen molar-refractivity contribution in [1.29, 1.82) is 0 Å². The molecule has 3 aromatic rings. The van der Waals surface area contributed by atoms with Crippen LogP contribution in [0.1, 0.15) is 11.3 Å². The van der Waals surface area contributed by atoms with Crippen molar-refractivity contribution < 1.29 is 4.79 Å². The molecule has 112 valence electrons. The van der Waals surface area contributed by atoms with Crippen molar-refractivity contribution in [2.75, 3.05) is 18.0 Å². The van der Waals surface area contributed by atoms with Gasteiger partial charge in [0.05, 0.1) is 21.8 Å². The first-order valence-electron chi connectivity index (χ1n) is 6.97. The minimum Gasteiger partial charge on any atom is -0.369 e. The molecule has 4 heterocycles. The van der Waals surface area contributed by atoms with Crippen LogP contribution in [0.5, 0.6) is 0 Å². The summed E-state index contributed by atoms with van der Waals surface area (Å²) in [4.78, 5) is 23.0. The third-order valence-electron chi connectivity index (χ3n) is 4.23. The number of carbonyl (C=O) groups is 1. The van der Waals surface area contributed by atoms with Crippen LogP contribution < -0.4 is 10.6 Å². The fourth-order valence-corrected chi connectivity index (χ4v) is 3.88. The molecule has 0 aliphatic carbocycles. The van der Waals surface area contributed by atoms with Crippen molar-refractivity contribution in [3.05, 3.63) is 17.6 Å². The van der Waals surface area contributed by atoms with Gasteiger partial charge in [0.15, 0.2) is 0 Å². The van der Waals surface area contributed by atoms with Crippen molar-refractivity contribution in [3.63, 3.8) is 0 Å². The Morgan fingerprint density at radius 3 is 2.82 bits per heavy atom. The molecule has 0 atom stereocenters. The van der Waals surface area contributed by atoms with E-state index < -0.39 is 0 Å². The Kier molecular flexibility index (Phi) is 2.77. The quantitative estimate of drug-likeness (QED) is 0.762. The molecule has 2 N–H and O–H groups in total.